The smallest absolute Gasteiger partial charge is 0.333 e. The molecular formula is C23H36F2N2O6. The third-order valence-electron chi connectivity index (χ3n) is 4.62. The molecule has 2 N–H and O–H groups in total. The number of halogens is 2. The molecule has 1 unspecified atom stereocenters. The van der Waals surface area contributed by atoms with E-state index >= 15 is 0 Å². The van der Waals surface area contributed by atoms with Crippen LogP contribution in [0.2, 0.25) is 0 Å². The van der Waals surface area contributed by atoms with Crippen LogP contribution in [0, 0.1) is 0 Å². The molecule has 1 atom stereocenters. The maximum atomic E-state index is 12.9. The second kappa shape index (κ2) is 15.4. The van der Waals surface area contributed by atoms with E-state index in [0.29, 0.717) is 18.9 Å². The Morgan fingerprint density at radius 3 is 2.36 bits per heavy atom. The first-order chi connectivity index (χ1) is 15.7. The first-order valence-electron chi connectivity index (χ1n) is 11.2. The maximum Gasteiger partial charge on any atom is 0.333 e. The summed E-state index contributed by atoms with van der Waals surface area (Å²) in [5.74, 6) is -3.21. The van der Waals surface area contributed by atoms with E-state index in [1.54, 1.807) is 31.2 Å². The van der Waals surface area contributed by atoms with Gasteiger partial charge in [-0.25, -0.2) is 18.4 Å². The van der Waals surface area contributed by atoms with Crippen LogP contribution in [0.4, 0.5) is 13.6 Å². The lowest BCUT2D eigenvalue weighted by Crippen LogP contribution is -2.44. The van der Waals surface area contributed by atoms with Crippen molar-refractivity contribution in [2.24, 2.45) is 0 Å². The lowest BCUT2D eigenvalue weighted by atomic mass is 10.1. The van der Waals surface area contributed by atoms with Crippen LogP contribution in [-0.4, -0.2) is 80.1 Å². The summed E-state index contributed by atoms with van der Waals surface area (Å²) in [5, 5.41) is 12.0. The minimum atomic E-state index is -2.78. The Hall–Kier alpha value is -2.46. The molecule has 0 saturated carbocycles. The molecule has 1 aromatic rings. The highest BCUT2D eigenvalue weighted by molar-refractivity contribution is 5.74. The number of carboxylic acids is 1. The van der Waals surface area contributed by atoms with Gasteiger partial charge in [0, 0.05) is 32.5 Å². The van der Waals surface area contributed by atoms with Crippen molar-refractivity contribution >= 4 is 12.0 Å². The topological polar surface area (TPSA) is 97.3 Å². The summed E-state index contributed by atoms with van der Waals surface area (Å²) in [6, 6.07) is 6.74. The number of nitrogens with zero attached hydrogens (tertiary/aromatic N) is 1. The fraction of sp³-hybridized carbons (Fsp3) is 0.652. The monoisotopic (exact) mass is 474 g/mol. The molecule has 0 fully saturated rings. The summed E-state index contributed by atoms with van der Waals surface area (Å²) in [4.78, 5) is 25.1. The summed E-state index contributed by atoms with van der Waals surface area (Å²) < 4.78 is 41.9. The van der Waals surface area contributed by atoms with Crippen LogP contribution in [0.1, 0.15) is 39.2 Å². The molecule has 188 valence electrons. The van der Waals surface area contributed by atoms with Crippen molar-refractivity contribution in [1.82, 2.24) is 10.2 Å². The van der Waals surface area contributed by atoms with E-state index in [2.05, 4.69) is 5.32 Å². The van der Waals surface area contributed by atoms with Crippen molar-refractivity contribution in [1.29, 1.82) is 0 Å². The van der Waals surface area contributed by atoms with Gasteiger partial charge >= 0.3 is 12.0 Å². The number of carboxylic acid groups (broad SMARTS) is 1. The number of hydrogen-bond acceptors (Lipinski definition) is 5. The Morgan fingerprint density at radius 1 is 1.12 bits per heavy atom. The zero-order valence-corrected chi connectivity index (χ0v) is 19.6. The van der Waals surface area contributed by atoms with E-state index in [4.69, 9.17) is 14.2 Å². The number of urea groups is 1. The zero-order chi connectivity index (χ0) is 24.7. The fourth-order valence-electron chi connectivity index (χ4n) is 2.82. The molecule has 1 rings (SSSR count). The van der Waals surface area contributed by atoms with Crippen molar-refractivity contribution < 1.29 is 37.7 Å². The molecule has 0 spiro atoms. The van der Waals surface area contributed by atoms with Crippen molar-refractivity contribution in [2.75, 3.05) is 46.1 Å². The summed E-state index contributed by atoms with van der Waals surface area (Å²) in [7, 11) is 0. The third kappa shape index (κ3) is 13.0. The van der Waals surface area contributed by atoms with Gasteiger partial charge in [0.15, 0.2) is 6.10 Å². The highest BCUT2D eigenvalue weighted by Crippen LogP contribution is 2.16. The van der Waals surface area contributed by atoms with E-state index in [9.17, 15) is 23.5 Å². The van der Waals surface area contributed by atoms with Crippen molar-refractivity contribution in [2.45, 2.75) is 52.1 Å². The maximum absolute atomic E-state index is 12.9. The molecule has 0 aliphatic rings. The predicted octanol–water partition coefficient (Wildman–Crippen LogP) is 3.58. The molecule has 0 bridgehead atoms. The van der Waals surface area contributed by atoms with Gasteiger partial charge in [-0.15, -0.1) is 0 Å². The number of alkyl halides is 2. The van der Waals surface area contributed by atoms with Crippen molar-refractivity contribution in [3.05, 3.63) is 29.8 Å². The third-order valence-corrected chi connectivity index (χ3v) is 4.62. The lowest BCUT2D eigenvalue weighted by molar-refractivity contribution is -0.149. The van der Waals surface area contributed by atoms with Gasteiger partial charge in [-0.3, -0.25) is 0 Å². The number of benzene rings is 1. The zero-order valence-electron chi connectivity index (χ0n) is 19.6. The summed E-state index contributed by atoms with van der Waals surface area (Å²) >= 11 is 0. The fourth-order valence-corrected chi connectivity index (χ4v) is 2.82. The molecular weight excluding hydrogens is 438 g/mol. The Labute approximate surface area is 194 Å². The number of carbonyl (C=O) groups is 2. The molecule has 10 heteroatoms. The Balaban J connectivity index is 2.52. The van der Waals surface area contributed by atoms with Crippen LogP contribution >= 0.6 is 0 Å². The van der Waals surface area contributed by atoms with Gasteiger partial charge in [0.1, 0.15) is 12.4 Å². The average molecular weight is 475 g/mol. The van der Waals surface area contributed by atoms with Gasteiger partial charge in [-0.2, -0.15) is 0 Å². The molecule has 8 nitrogen and oxygen atoms in total. The summed E-state index contributed by atoms with van der Waals surface area (Å²) in [5.41, 5.74) is 0.804. The van der Waals surface area contributed by atoms with E-state index in [1.165, 1.54) is 4.90 Å². The van der Waals surface area contributed by atoms with Crippen molar-refractivity contribution in [3.63, 3.8) is 0 Å². The molecule has 1 aromatic carbocycles. The molecule has 33 heavy (non-hydrogen) atoms. The molecule has 0 aromatic heterocycles. The highest BCUT2D eigenvalue weighted by atomic mass is 19.3. The number of hydrogen-bond donors (Lipinski definition) is 2. The molecule has 0 aliphatic heterocycles. The molecule has 0 aliphatic carbocycles. The van der Waals surface area contributed by atoms with Gasteiger partial charge in [0.05, 0.1) is 19.8 Å². The molecule has 0 radical (unpaired) electrons. The van der Waals surface area contributed by atoms with E-state index in [1.807, 2.05) is 6.92 Å². The first-order valence-corrected chi connectivity index (χ1v) is 11.2. The number of nitrogens with one attached hydrogen (secondary N) is 1. The number of carbonyl (C=O) groups excluding carboxylic acids is 1. The number of aliphatic carboxylic acids is 1. The standard InChI is InChI=1S/C23H36F2N2O6/c1-4-11-26-22(30)27(12-15-31-14-10-23(3,24)25)13-16-33-19-8-6-18(7-9-19)17-20(21(28)29)32-5-2/h6-9,20H,4-5,10-17H2,1-3H3,(H,26,30)(H,28,29). The highest BCUT2D eigenvalue weighted by Gasteiger charge is 2.20. The van der Waals surface area contributed by atoms with Crippen LogP contribution in [0.5, 0.6) is 5.75 Å². The van der Waals surface area contributed by atoms with Crippen LogP contribution in [0.25, 0.3) is 0 Å². The number of ether oxygens (including phenoxy) is 3. The normalized spacial score (nSPS) is 12.3. The van der Waals surface area contributed by atoms with Crippen molar-refractivity contribution in [3.8, 4) is 5.75 Å². The summed E-state index contributed by atoms with van der Waals surface area (Å²) in [6.45, 7) is 6.20. The van der Waals surface area contributed by atoms with E-state index in [-0.39, 0.29) is 51.8 Å². The Morgan fingerprint density at radius 2 is 1.79 bits per heavy atom. The number of rotatable bonds is 17. The van der Waals surface area contributed by atoms with Crippen LogP contribution in [0.3, 0.4) is 0 Å². The quantitative estimate of drug-likeness (QED) is 0.335. The van der Waals surface area contributed by atoms with Crippen LogP contribution in [-0.2, 0) is 20.7 Å². The van der Waals surface area contributed by atoms with E-state index < -0.39 is 18.0 Å². The minimum Gasteiger partial charge on any atom is -0.492 e. The summed E-state index contributed by atoms with van der Waals surface area (Å²) in [6.07, 6.45) is -0.232. The molecule has 0 heterocycles. The van der Waals surface area contributed by atoms with Gasteiger partial charge in [0.2, 0.25) is 5.92 Å². The Bertz CT molecular complexity index is 697. The molecule has 2 amide bonds. The average Bonchev–Trinajstić information content (AvgIpc) is 2.76. The van der Waals surface area contributed by atoms with Crippen LogP contribution in [0.15, 0.2) is 24.3 Å². The minimum absolute atomic E-state index is 0.0806. The number of amides is 2. The van der Waals surface area contributed by atoms with Gasteiger partial charge < -0.3 is 29.5 Å². The van der Waals surface area contributed by atoms with Crippen LogP contribution < -0.4 is 10.1 Å². The predicted molar refractivity (Wildman–Crippen MR) is 120 cm³/mol. The van der Waals surface area contributed by atoms with Gasteiger partial charge in [0.25, 0.3) is 0 Å². The second-order valence-electron chi connectivity index (χ2n) is 7.63. The molecule has 0 saturated heterocycles. The SMILES string of the molecule is CCCNC(=O)N(CCOCCC(C)(F)F)CCOc1ccc(CC(OCC)C(=O)O)cc1. The van der Waals surface area contributed by atoms with Gasteiger partial charge in [-0.05, 0) is 38.0 Å². The van der Waals surface area contributed by atoms with Gasteiger partial charge in [-0.1, -0.05) is 19.1 Å². The largest absolute Gasteiger partial charge is 0.492 e. The first kappa shape index (κ1) is 28.6. The van der Waals surface area contributed by atoms with E-state index in [0.717, 1.165) is 18.9 Å². The lowest BCUT2D eigenvalue weighted by Gasteiger charge is -2.23. The second-order valence-corrected chi connectivity index (χ2v) is 7.63. The Kier molecular flexibility index (Phi) is 13.3.